The molecule has 1 aromatic heterocycles. The first-order valence-electron chi connectivity index (χ1n) is 6.47. The maximum Gasteiger partial charge on any atom is 0.311 e. The van der Waals surface area contributed by atoms with Crippen LogP contribution in [0, 0.1) is 17.0 Å². The standard InChI is InChI=1S/C13H19N3O3/c1-10-8-11(16(18)19)12(14-9-10)15-6-3-4-13(2,17)5-7-15/h8-9,17H,3-7H2,1-2H3. The predicted octanol–water partition coefficient (Wildman–Crippen LogP) is 2.04. The van der Waals surface area contributed by atoms with Crippen LogP contribution in [0.1, 0.15) is 31.7 Å². The van der Waals surface area contributed by atoms with Crippen molar-refractivity contribution in [1.82, 2.24) is 4.98 Å². The molecule has 6 heteroatoms. The molecule has 6 nitrogen and oxygen atoms in total. The average Bonchev–Trinajstić information content (AvgIpc) is 2.50. The normalized spacial score (nSPS) is 24.1. The summed E-state index contributed by atoms with van der Waals surface area (Å²) < 4.78 is 0. The van der Waals surface area contributed by atoms with Crippen LogP contribution in [-0.4, -0.2) is 33.7 Å². The third kappa shape index (κ3) is 3.20. The van der Waals surface area contributed by atoms with Crippen molar-refractivity contribution in [3.8, 4) is 0 Å². The maximum atomic E-state index is 11.1. The Morgan fingerprint density at radius 3 is 2.89 bits per heavy atom. The van der Waals surface area contributed by atoms with E-state index in [4.69, 9.17) is 0 Å². The van der Waals surface area contributed by atoms with Crippen LogP contribution in [0.15, 0.2) is 12.3 Å². The number of anilines is 1. The lowest BCUT2D eigenvalue weighted by Crippen LogP contribution is -2.29. The van der Waals surface area contributed by atoms with Crippen LogP contribution in [-0.2, 0) is 0 Å². The van der Waals surface area contributed by atoms with Crippen molar-refractivity contribution in [2.24, 2.45) is 0 Å². The first-order chi connectivity index (χ1) is 8.89. The van der Waals surface area contributed by atoms with Gasteiger partial charge in [-0.3, -0.25) is 10.1 Å². The molecule has 104 valence electrons. The van der Waals surface area contributed by atoms with Gasteiger partial charge in [-0.05, 0) is 38.7 Å². The average molecular weight is 265 g/mol. The Kier molecular flexibility index (Phi) is 3.71. The fraction of sp³-hybridized carbons (Fsp3) is 0.615. The van der Waals surface area contributed by atoms with Gasteiger partial charge in [0.05, 0.1) is 10.5 Å². The van der Waals surface area contributed by atoms with Crippen LogP contribution >= 0.6 is 0 Å². The van der Waals surface area contributed by atoms with Crippen LogP contribution in [0.25, 0.3) is 0 Å². The first-order valence-corrected chi connectivity index (χ1v) is 6.47. The maximum absolute atomic E-state index is 11.1. The summed E-state index contributed by atoms with van der Waals surface area (Å²) in [5.41, 5.74) is 0.132. The van der Waals surface area contributed by atoms with Crippen LogP contribution in [0.5, 0.6) is 0 Å². The molecule has 1 fully saturated rings. The number of hydrogen-bond acceptors (Lipinski definition) is 5. The van der Waals surface area contributed by atoms with Crippen LogP contribution in [0.2, 0.25) is 0 Å². The van der Waals surface area contributed by atoms with E-state index in [1.54, 1.807) is 19.2 Å². The Hall–Kier alpha value is -1.69. The Bertz CT molecular complexity index is 488. The van der Waals surface area contributed by atoms with Crippen molar-refractivity contribution in [1.29, 1.82) is 0 Å². The van der Waals surface area contributed by atoms with E-state index in [-0.39, 0.29) is 5.69 Å². The number of hydrogen-bond donors (Lipinski definition) is 1. The van der Waals surface area contributed by atoms with E-state index in [0.29, 0.717) is 31.7 Å². The molecule has 0 bridgehead atoms. The number of pyridine rings is 1. The third-order valence-corrected chi connectivity index (χ3v) is 3.54. The van der Waals surface area contributed by atoms with Gasteiger partial charge in [0.1, 0.15) is 0 Å². The van der Waals surface area contributed by atoms with Crippen molar-refractivity contribution >= 4 is 11.5 Å². The van der Waals surface area contributed by atoms with Gasteiger partial charge in [-0.1, -0.05) is 0 Å². The lowest BCUT2D eigenvalue weighted by molar-refractivity contribution is -0.384. The number of aliphatic hydroxyl groups is 1. The molecule has 0 saturated carbocycles. The van der Waals surface area contributed by atoms with Crippen LogP contribution in [0.4, 0.5) is 11.5 Å². The number of nitrogens with zero attached hydrogens (tertiary/aromatic N) is 3. The van der Waals surface area contributed by atoms with E-state index >= 15 is 0 Å². The minimum atomic E-state index is -0.686. The molecule has 1 atom stereocenters. The highest BCUT2D eigenvalue weighted by molar-refractivity contribution is 5.58. The fourth-order valence-electron chi connectivity index (χ4n) is 2.40. The SMILES string of the molecule is Cc1cnc(N2CCCC(C)(O)CC2)c([N+](=O)[O-])c1. The predicted molar refractivity (Wildman–Crippen MR) is 72.3 cm³/mol. The summed E-state index contributed by atoms with van der Waals surface area (Å²) in [4.78, 5) is 16.8. The monoisotopic (exact) mass is 265 g/mol. The number of aryl methyl sites for hydroxylation is 1. The molecule has 1 unspecified atom stereocenters. The third-order valence-electron chi connectivity index (χ3n) is 3.54. The minimum absolute atomic E-state index is 0.0431. The topological polar surface area (TPSA) is 79.5 Å². The van der Waals surface area contributed by atoms with E-state index in [0.717, 1.165) is 12.0 Å². The summed E-state index contributed by atoms with van der Waals surface area (Å²) in [5, 5.41) is 21.2. The van der Waals surface area contributed by atoms with Gasteiger partial charge in [-0.15, -0.1) is 0 Å². The molecule has 0 spiro atoms. The van der Waals surface area contributed by atoms with E-state index in [9.17, 15) is 15.2 Å². The molecule has 1 aromatic rings. The largest absolute Gasteiger partial charge is 0.390 e. The Balaban J connectivity index is 2.29. The van der Waals surface area contributed by atoms with Gasteiger partial charge in [0, 0.05) is 25.4 Å². The van der Waals surface area contributed by atoms with E-state index in [2.05, 4.69) is 4.98 Å². The van der Waals surface area contributed by atoms with Gasteiger partial charge >= 0.3 is 5.69 Å². The molecule has 19 heavy (non-hydrogen) atoms. The smallest absolute Gasteiger partial charge is 0.311 e. The van der Waals surface area contributed by atoms with Gasteiger partial charge in [0.15, 0.2) is 0 Å². The molecule has 1 N–H and O–H groups in total. The summed E-state index contributed by atoms with van der Waals surface area (Å²) >= 11 is 0. The molecule has 0 amide bonds. The van der Waals surface area contributed by atoms with Gasteiger partial charge in [-0.25, -0.2) is 4.98 Å². The molecule has 2 rings (SSSR count). The molecule has 0 radical (unpaired) electrons. The van der Waals surface area contributed by atoms with Crippen molar-refractivity contribution in [3.63, 3.8) is 0 Å². The Morgan fingerprint density at radius 2 is 2.21 bits per heavy atom. The summed E-state index contributed by atoms with van der Waals surface area (Å²) in [6.07, 6.45) is 3.76. The zero-order valence-corrected chi connectivity index (χ0v) is 11.3. The van der Waals surface area contributed by atoms with Gasteiger partial charge in [0.25, 0.3) is 0 Å². The first kappa shape index (κ1) is 13.7. The van der Waals surface area contributed by atoms with E-state index in [1.165, 1.54) is 0 Å². The summed E-state index contributed by atoms with van der Waals surface area (Å²) in [7, 11) is 0. The Morgan fingerprint density at radius 1 is 1.47 bits per heavy atom. The second-order valence-electron chi connectivity index (χ2n) is 5.45. The van der Waals surface area contributed by atoms with Gasteiger partial charge < -0.3 is 10.0 Å². The number of rotatable bonds is 2. The van der Waals surface area contributed by atoms with Crippen molar-refractivity contribution in [2.45, 2.75) is 38.7 Å². The quantitative estimate of drug-likeness (QED) is 0.654. The second-order valence-corrected chi connectivity index (χ2v) is 5.45. The molecule has 0 aliphatic carbocycles. The lowest BCUT2D eigenvalue weighted by atomic mass is 9.98. The molecular formula is C13H19N3O3. The van der Waals surface area contributed by atoms with E-state index in [1.807, 2.05) is 11.8 Å². The highest BCUT2D eigenvalue weighted by Crippen LogP contribution is 2.30. The lowest BCUT2D eigenvalue weighted by Gasteiger charge is -2.23. The van der Waals surface area contributed by atoms with Crippen molar-refractivity contribution < 1.29 is 10.0 Å². The summed E-state index contributed by atoms with van der Waals surface area (Å²) in [5.74, 6) is 0.410. The van der Waals surface area contributed by atoms with Crippen LogP contribution in [0.3, 0.4) is 0 Å². The minimum Gasteiger partial charge on any atom is -0.390 e. The number of nitro groups is 1. The highest BCUT2D eigenvalue weighted by Gasteiger charge is 2.28. The molecule has 1 aliphatic heterocycles. The van der Waals surface area contributed by atoms with Crippen LogP contribution < -0.4 is 4.90 Å². The van der Waals surface area contributed by atoms with E-state index < -0.39 is 10.5 Å². The van der Waals surface area contributed by atoms with Gasteiger partial charge in [-0.2, -0.15) is 0 Å². The second kappa shape index (κ2) is 5.13. The van der Waals surface area contributed by atoms with Gasteiger partial charge in [0.2, 0.25) is 5.82 Å². The fourth-order valence-corrected chi connectivity index (χ4v) is 2.40. The number of aromatic nitrogens is 1. The van der Waals surface area contributed by atoms with Crippen molar-refractivity contribution in [3.05, 3.63) is 27.9 Å². The summed E-state index contributed by atoms with van der Waals surface area (Å²) in [6.45, 7) is 4.88. The Labute approximate surface area is 112 Å². The molecule has 1 saturated heterocycles. The summed E-state index contributed by atoms with van der Waals surface area (Å²) in [6, 6.07) is 1.55. The molecule has 2 heterocycles. The molecule has 0 aromatic carbocycles. The molecule has 1 aliphatic rings. The zero-order valence-electron chi connectivity index (χ0n) is 11.3. The van der Waals surface area contributed by atoms with Crippen molar-refractivity contribution in [2.75, 3.05) is 18.0 Å². The molecular weight excluding hydrogens is 246 g/mol. The zero-order chi connectivity index (χ0) is 14.0. The highest BCUT2D eigenvalue weighted by atomic mass is 16.6.